The van der Waals surface area contributed by atoms with Crippen molar-refractivity contribution in [3.63, 3.8) is 0 Å². The zero-order valence-corrected chi connectivity index (χ0v) is 8.91. The Morgan fingerprint density at radius 2 is 1.81 bits per heavy atom. The van der Waals surface area contributed by atoms with Gasteiger partial charge < -0.3 is 10.5 Å². The van der Waals surface area contributed by atoms with Crippen molar-refractivity contribution < 1.29 is 13.9 Å². The fourth-order valence-corrected chi connectivity index (χ4v) is 2.07. The van der Waals surface area contributed by atoms with Crippen LogP contribution in [-0.4, -0.2) is 11.5 Å². The van der Waals surface area contributed by atoms with E-state index in [0.29, 0.717) is 18.6 Å². The normalized spacial score (nSPS) is 18.3. The summed E-state index contributed by atoms with van der Waals surface area (Å²) in [7, 11) is 0. The van der Waals surface area contributed by atoms with Crippen LogP contribution in [0.1, 0.15) is 25.7 Å². The van der Waals surface area contributed by atoms with Gasteiger partial charge in [-0.2, -0.15) is 0 Å². The second-order valence-electron chi connectivity index (χ2n) is 4.12. The molecule has 1 aromatic rings. The number of ether oxygens (including phenoxy) is 1. The molecule has 0 heterocycles. The van der Waals surface area contributed by atoms with Gasteiger partial charge >= 0.3 is 0 Å². The number of hydrogen-bond acceptors (Lipinski definition) is 2. The van der Waals surface area contributed by atoms with Gasteiger partial charge in [-0.15, -0.1) is 0 Å². The smallest absolute Gasteiger partial charge is 0.261 e. The van der Waals surface area contributed by atoms with E-state index in [9.17, 15) is 9.18 Å². The molecule has 0 aliphatic heterocycles. The molecule has 16 heavy (non-hydrogen) atoms. The van der Waals surface area contributed by atoms with E-state index in [-0.39, 0.29) is 5.82 Å². The molecule has 0 aromatic heterocycles. The van der Waals surface area contributed by atoms with Crippen LogP contribution < -0.4 is 10.5 Å². The van der Waals surface area contributed by atoms with E-state index in [1.807, 2.05) is 0 Å². The van der Waals surface area contributed by atoms with Crippen LogP contribution in [0.4, 0.5) is 4.39 Å². The summed E-state index contributed by atoms with van der Waals surface area (Å²) in [6.45, 7) is 0. The highest BCUT2D eigenvalue weighted by Gasteiger charge is 2.41. The Morgan fingerprint density at radius 3 is 2.31 bits per heavy atom. The van der Waals surface area contributed by atoms with Gasteiger partial charge in [0, 0.05) is 0 Å². The van der Waals surface area contributed by atoms with Crippen LogP contribution >= 0.6 is 0 Å². The number of nitrogens with two attached hydrogens (primary N) is 1. The van der Waals surface area contributed by atoms with Crippen LogP contribution in [0.5, 0.6) is 5.75 Å². The molecule has 86 valence electrons. The summed E-state index contributed by atoms with van der Waals surface area (Å²) >= 11 is 0. The Balaban J connectivity index is 2.18. The first-order valence-corrected chi connectivity index (χ1v) is 5.37. The third kappa shape index (κ3) is 2.01. The summed E-state index contributed by atoms with van der Waals surface area (Å²) in [4.78, 5) is 11.4. The van der Waals surface area contributed by atoms with Crippen LogP contribution in [-0.2, 0) is 4.79 Å². The minimum Gasteiger partial charge on any atom is -0.477 e. The van der Waals surface area contributed by atoms with Crippen molar-refractivity contribution >= 4 is 5.91 Å². The Hall–Kier alpha value is -1.58. The van der Waals surface area contributed by atoms with Gasteiger partial charge in [0.1, 0.15) is 11.6 Å². The van der Waals surface area contributed by atoms with Crippen molar-refractivity contribution in [2.45, 2.75) is 31.3 Å². The molecule has 1 aliphatic carbocycles. The summed E-state index contributed by atoms with van der Waals surface area (Å²) in [6.07, 6.45) is 3.15. The zero-order chi connectivity index (χ0) is 11.6. The van der Waals surface area contributed by atoms with Gasteiger partial charge in [-0.25, -0.2) is 4.39 Å². The predicted octanol–water partition coefficient (Wildman–Crippen LogP) is 2.00. The molecule has 1 aromatic carbocycles. The maximum absolute atomic E-state index is 12.7. The molecule has 1 fully saturated rings. The van der Waals surface area contributed by atoms with E-state index < -0.39 is 11.5 Å². The van der Waals surface area contributed by atoms with Gasteiger partial charge in [-0.05, 0) is 49.9 Å². The second-order valence-corrected chi connectivity index (χ2v) is 4.12. The Kier molecular flexibility index (Phi) is 2.81. The van der Waals surface area contributed by atoms with Crippen molar-refractivity contribution in [3.05, 3.63) is 30.1 Å². The first kappa shape index (κ1) is 10.9. The number of halogens is 1. The Morgan fingerprint density at radius 1 is 1.25 bits per heavy atom. The van der Waals surface area contributed by atoms with Gasteiger partial charge in [0.25, 0.3) is 5.91 Å². The standard InChI is InChI=1S/C12H14FNO2/c13-9-3-5-10(6-4-9)16-12(11(14)15)7-1-2-8-12/h3-6H,1-2,7-8H2,(H2,14,15). The molecule has 2 rings (SSSR count). The van der Waals surface area contributed by atoms with Crippen LogP contribution in [0, 0.1) is 5.82 Å². The highest BCUT2D eigenvalue weighted by molar-refractivity contribution is 5.84. The van der Waals surface area contributed by atoms with Gasteiger partial charge in [0.05, 0.1) is 0 Å². The number of rotatable bonds is 3. The first-order chi connectivity index (χ1) is 7.62. The number of hydrogen-bond donors (Lipinski definition) is 1. The lowest BCUT2D eigenvalue weighted by atomic mass is 10.0. The number of amides is 1. The minimum absolute atomic E-state index is 0.327. The van der Waals surface area contributed by atoms with Crippen molar-refractivity contribution in [1.82, 2.24) is 0 Å². The number of carbonyl (C=O) groups excluding carboxylic acids is 1. The average molecular weight is 223 g/mol. The van der Waals surface area contributed by atoms with E-state index in [4.69, 9.17) is 10.5 Å². The monoisotopic (exact) mass is 223 g/mol. The third-order valence-electron chi connectivity index (χ3n) is 2.99. The average Bonchev–Trinajstić information content (AvgIpc) is 2.71. The lowest BCUT2D eigenvalue weighted by Crippen LogP contribution is -2.46. The second kappa shape index (κ2) is 4.12. The molecular weight excluding hydrogens is 209 g/mol. The fraction of sp³-hybridized carbons (Fsp3) is 0.417. The first-order valence-electron chi connectivity index (χ1n) is 5.37. The topological polar surface area (TPSA) is 52.3 Å². The summed E-state index contributed by atoms with van der Waals surface area (Å²) < 4.78 is 18.3. The van der Waals surface area contributed by atoms with Gasteiger partial charge in [0.2, 0.25) is 0 Å². The molecule has 1 saturated carbocycles. The molecule has 3 nitrogen and oxygen atoms in total. The number of carbonyl (C=O) groups is 1. The molecular formula is C12H14FNO2. The number of benzene rings is 1. The summed E-state index contributed by atoms with van der Waals surface area (Å²) in [5, 5.41) is 0. The SMILES string of the molecule is NC(=O)C1(Oc2ccc(F)cc2)CCCC1. The predicted molar refractivity (Wildman–Crippen MR) is 57.4 cm³/mol. The highest BCUT2D eigenvalue weighted by Crippen LogP contribution is 2.34. The van der Waals surface area contributed by atoms with E-state index in [2.05, 4.69) is 0 Å². The van der Waals surface area contributed by atoms with Crippen LogP contribution in [0.3, 0.4) is 0 Å². The van der Waals surface area contributed by atoms with Crippen molar-refractivity contribution in [1.29, 1.82) is 0 Å². The molecule has 0 atom stereocenters. The summed E-state index contributed by atoms with van der Waals surface area (Å²) in [5.41, 5.74) is 4.48. The maximum Gasteiger partial charge on any atom is 0.261 e. The van der Waals surface area contributed by atoms with E-state index in [1.165, 1.54) is 24.3 Å². The van der Waals surface area contributed by atoms with E-state index >= 15 is 0 Å². The van der Waals surface area contributed by atoms with E-state index in [0.717, 1.165) is 12.8 Å². The molecule has 0 saturated heterocycles. The summed E-state index contributed by atoms with van der Waals surface area (Å²) in [6, 6.07) is 5.63. The zero-order valence-electron chi connectivity index (χ0n) is 8.91. The molecule has 0 bridgehead atoms. The Bertz CT molecular complexity index is 383. The van der Waals surface area contributed by atoms with Gasteiger partial charge in [-0.1, -0.05) is 0 Å². The summed E-state index contributed by atoms with van der Waals surface area (Å²) in [5.74, 6) is -0.275. The molecule has 1 amide bonds. The molecule has 4 heteroatoms. The van der Waals surface area contributed by atoms with Crippen LogP contribution in [0.15, 0.2) is 24.3 Å². The largest absolute Gasteiger partial charge is 0.477 e. The quantitative estimate of drug-likeness (QED) is 0.852. The Labute approximate surface area is 93.4 Å². The minimum atomic E-state index is -0.891. The van der Waals surface area contributed by atoms with Gasteiger partial charge in [-0.3, -0.25) is 4.79 Å². The molecule has 0 radical (unpaired) electrons. The van der Waals surface area contributed by atoms with Crippen LogP contribution in [0.2, 0.25) is 0 Å². The lowest BCUT2D eigenvalue weighted by molar-refractivity contribution is -0.132. The van der Waals surface area contributed by atoms with E-state index in [1.54, 1.807) is 0 Å². The fourth-order valence-electron chi connectivity index (χ4n) is 2.07. The molecule has 0 unspecified atom stereocenters. The van der Waals surface area contributed by atoms with Crippen LogP contribution in [0.25, 0.3) is 0 Å². The number of primary amides is 1. The lowest BCUT2D eigenvalue weighted by Gasteiger charge is -2.26. The third-order valence-corrected chi connectivity index (χ3v) is 2.99. The van der Waals surface area contributed by atoms with Gasteiger partial charge in [0.15, 0.2) is 5.60 Å². The molecule has 1 aliphatic rings. The van der Waals surface area contributed by atoms with Crippen molar-refractivity contribution in [3.8, 4) is 5.75 Å². The van der Waals surface area contributed by atoms with Crippen molar-refractivity contribution in [2.24, 2.45) is 5.73 Å². The van der Waals surface area contributed by atoms with Crippen molar-refractivity contribution in [2.75, 3.05) is 0 Å². The maximum atomic E-state index is 12.7. The highest BCUT2D eigenvalue weighted by atomic mass is 19.1. The molecule has 2 N–H and O–H groups in total. The molecule has 0 spiro atoms.